The highest BCUT2D eigenvalue weighted by Gasteiger charge is 2.26. The van der Waals surface area contributed by atoms with E-state index in [1.807, 2.05) is 13.8 Å². The lowest BCUT2D eigenvalue weighted by atomic mass is 9.85. The first-order valence-electron chi connectivity index (χ1n) is 8.58. The van der Waals surface area contributed by atoms with Crippen LogP contribution in [-0.2, 0) is 4.79 Å². The van der Waals surface area contributed by atoms with Crippen molar-refractivity contribution in [2.24, 2.45) is 11.7 Å². The van der Waals surface area contributed by atoms with Gasteiger partial charge in [-0.25, -0.2) is 15.0 Å². The van der Waals surface area contributed by atoms with E-state index in [1.54, 1.807) is 12.3 Å². The predicted octanol–water partition coefficient (Wildman–Crippen LogP) is 2.95. The van der Waals surface area contributed by atoms with E-state index >= 15 is 0 Å². The van der Waals surface area contributed by atoms with Crippen molar-refractivity contribution in [2.45, 2.75) is 51.6 Å². The highest BCUT2D eigenvalue weighted by Crippen LogP contribution is 2.26. The van der Waals surface area contributed by atoms with Gasteiger partial charge in [-0.05, 0) is 39.2 Å². The molecule has 0 bridgehead atoms. The minimum absolute atomic E-state index is 0.0743. The summed E-state index contributed by atoms with van der Waals surface area (Å²) in [5.74, 6) is 0.692. The Kier molecular flexibility index (Phi) is 5.34. The maximum Gasteiger partial charge on any atom is 0.230 e. The molecule has 25 heavy (non-hydrogen) atoms. The fourth-order valence-corrected chi connectivity index (χ4v) is 3.32. The summed E-state index contributed by atoms with van der Waals surface area (Å²) in [7, 11) is 0. The van der Waals surface area contributed by atoms with Gasteiger partial charge < -0.3 is 11.1 Å². The van der Waals surface area contributed by atoms with E-state index in [4.69, 9.17) is 17.3 Å². The lowest BCUT2D eigenvalue weighted by Crippen LogP contribution is -2.34. The summed E-state index contributed by atoms with van der Waals surface area (Å²) in [6.45, 7) is 4.01. The molecule has 2 heterocycles. The van der Waals surface area contributed by atoms with Crippen molar-refractivity contribution >= 4 is 40.2 Å². The molecule has 7 nitrogen and oxygen atoms in total. The molecule has 1 aliphatic carbocycles. The number of nitrogens with zero attached hydrogens (tertiary/aromatic N) is 3. The largest absolute Gasteiger partial charge is 0.366 e. The van der Waals surface area contributed by atoms with Gasteiger partial charge in [0.2, 0.25) is 11.9 Å². The normalized spacial score (nSPS) is 20.7. The Morgan fingerprint density at radius 2 is 2.16 bits per heavy atom. The zero-order valence-electron chi connectivity index (χ0n) is 14.4. The van der Waals surface area contributed by atoms with E-state index in [-0.39, 0.29) is 29.9 Å². The van der Waals surface area contributed by atoms with Crippen LogP contribution in [0.15, 0.2) is 12.3 Å². The first-order chi connectivity index (χ1) is 11.9. The molecule has 1 unspecified atom stereocenters. The highest BCUT2D eigenvalue weighted by molar-refractivity contribution is 6.30. The van der Waals surface area contributed by atoms with Crippen molar-refractivity contribution in [2.75, 3.05) is 10.6 Å². The molecule has 8 heteroatoms. The number of carbonyl (C=O) groups is 1. The van der Waals surface area contributed by atoms with Crippen LogP contribution in [0.2, 0.25) is 5.15 Å². The van der Waals surface area contributed by atoms with Crippen LogP contribution < -0.4 is 16.4 Å². The first-order valence-corrected chi connectivity index (χ1v) is 8.96. The first kappa shape index (κ1) is 17.8. The van der Waals surface area contributed by atoms with Crippen LogP contribution in [-0.4, -0.2) is 32.9 Å². The Balaban J connectivity index is 1.84. The van der Waals surface area contributed by atoms with Gasteiger partial charge in [-0.15, -0.1) is 0 Å². The molecular formula is C17H23ClN6O. The fraction of sp³-hybridized carbons (Fsp3) is 0.529. The molecule has 1 amide bonds. The number of rotatable bonds is 4. The number of halogens is 1. The predicted molar refractivity (Wildman–Crippen MR) is 99.7 cm³/mol. The number of nitrogens with two attached hydrogens (primary N) is 1. The van der Waals surface area contributed by atoms with Crippen molar-refractivity contribution in [1.82, 2.24) is 15.0 Å². The third-order valence-corrected chi connectivity index (χ3v) is 4.47. The maximum absolute atomic E-state index is 12.5. The number of amides is 1. The number of nitrogens with one attached hydrogen (secondary N) is 2. The van der Waals surface area contributed by atoms with Crippen LogP contribution in [0.5, 0.6) is 0 Å². The molecule has 0 spiro atoms. The number of fused-ring (bicyclic) bond motifs is 1. The zero-order valence-corrected chi connectivity index (χ0v) is 15.2. The standard InChI is InChI=1S/C17H23ClN6O/c1-9(2)21-15-14-11(7-13(18)22-15)8-20-17(23-14)24-16(25)10-4-3-5-12(19)6-10/h7-10,12H,3-6,19H2,1-2H3,(H,21,22)(H,20,23,24,25)/t10?,12-/m1/s1. The molecule has 0 aliphatic heterocycles. The third kappa shape index (κ3) is 4.35. The minimum Gasteiger partial charge on any atom is -0.366 e. The topological polar surface area (TPSA) is 106 Å². The van der Waals surface area contributed by atoms with E-state index in [9.17, 15) is 4.79 Å². The fourth-order valence-electron chi connectivity index (χ4n) is 3.12. The minimum atomic E-state index is -0.0837. The van der Waals surface area contributed by atoms with Crippen LogP contribution in [0.4, 0.5) is 11.8 Å². The van der Waals surface area contributed by atoms with Gasteiger partial charge in [0.05, 0.1) is 0 Å². The van der Waals surface area contributed by atoms with Gasteiger partial charge in [-0.2, -0.15) is 0 Å². The van der Waals surface area contributed by atoms with Crippen molar-refractivity contribution in [3.05, 3.63) is 17.4 Å². The molecule has 0 radical (unpaired) electrons. The molecular weight excluding hydrogens is 340 g/mol. The summed E-state index contributed by atoms with van der Waals surface area (Å²) < 4.78 is 0. The molecule has 1 saturated carbocycles. The average Bonchev–Trinajstić information content (AvgIpc) is 2.54. The molecule has 134 valence electrons. The van der Waals surface area contributed by atoms with Crippen LogP contribution in [0.1, 0.15) is 39.5 Å². The Hall–Kier alpha value is -1.99. The molecule has 2 atom stereocenters. The quantitative estimate of drug-likeness (QED) is 0.722. The molecule has 2 aromatic rings. The second-order valence-corrected chi connectivity index (χ2v) is 7.22. The summed E-state index contributed by atoms with van der Waals surface area (Å²) >= 11 is 6.06. The van der Waals surface area contributed by atoms with Crippen LogP contribution in [0, 0.1) is 5.92 Å². The highest BCUT2D eigenvalue weighted by atomic mass is 35.5. The SMILES string of the molecule is CC(C)Nc1nc(Cl)cc2cnc(NC(=O)C3CCC[C@@H](N)C3)nc12. The second-order valence-electron chi connectivity index (χ2n) is 6.84. The van der Waals surface area contributed by atoms with Gasteiger partial charge in [0.25, 0.3) is 0 Å². The summed E-state index contributed by atoms with van der Waals surface area (Å²) in [6, 6.07) is 1.97. The van der Waals surface area contributed by atoms with Crippen molar-refractivity contribution in [1.29, 1.82) is 0 Å². The number of aromatic nitrogens is 3. The Morgan fingerprint density at radius 1 is 1.36 bits per heavy atom. The lowest BCUT2D eigenvalue weighted by Gasteiger charge is -2.25. The van der Waals surface area contributed by atoms with Gasteiger partial charge in [0.1, 0.15) is 10.7 Å². The van der Waals surface area contributed by atoms with E-state index in [0.717, 1.165) is 24.6 Å². The van der Waals surface area contributed by atoms with Gasteiger partial charge >= 0.3 is 0 Å². The van der Waals surface area contributed by atoms with Crippen LogP contribution in [0.25, 0.3) is 10.9 Å². The van der Waals surface area contributed by atoms with Crippen molar-refractivity contribution in [3.63, 3.8) is 0 Å². The van der Waals surface area contributed by atoms with Crippen molar-refractivity contribution < 1.29 is 4.79 Å². The number of anilines is 2. The molecule has 4 N–H and O–H groups in total. The van der Waals surface area contributed by atoms with E-state index in [2.05, 4.69) is 25.6 Å². The Labute approximate surface area is 151 Å². The monoisotopic (exact) mass is 362 g/mol. The van der Waals surface area contributed by atoms with Crippen molar-refractivity contribution in [3.8, 4) is 0 Å². The summed E-state index contributed by atoms with van der Waals surface area (Å²) in [4.78, 5) is 25.5. The average molecular weight is 363 g/mol. The summed E-state index contributed by atoms with van der Waals surface area (Å²) in [5, 5.41) is 7.17. The van der Waals surface area contributed by atoms with E-state index in [0.29, 0.717) is 22.9 Å². The molecule has 1 fully saturated rings. The van der Waals surface area contributed by atoms with E-state index in [1.165, 1.54) is 0 Å². The number of pyridine rings is 1. The summed E-state index contributed by atoms with van der Waals surface area (Å²) in [5.41, 5.74) is 6.60. The van der Waals surface area contributed by atoms with Gasteiger partial charge in [-0.1, -0.05) is 18.0 Å². The van der Waals surface area contributed by atoms with Crippen LogP contribution in [0.3, 0.4) is 0 Å². The number of hydrogen-bond acceptors (Lipinski definition) is 6. The number of hydrogen-bond donors (Lipinski definition) is 3. The Bertz CT molecular complexity index is 781. The third-order valence-electron chi connectivity index (χ3n) is 4.28. The molecule has 2 aromatic heterocycles. The molecule has 0 aromatic carbocycles. The van der Waals surface area contributed by atoms with Gasteiger partial charge in [0.15, 0.2) is 5.82 Å². The zero-order chi connectivity index (χ0) is 18.0. The van der Waals surface area contributed by atoms with Crippen LogP contribution >= 0.6 is 11.6 Å². The van der Waals surface area contributed by atoms with E-state index < -0.39 is 0 Å². The smallest absolute Gasteiger partial charge is 0.230 e. The molecule has 0 saturated heterocycles. The Morgan fingerprint density at radius 3 is 2.88 bits per heavy atom. The second kappa shape index (κ2) is 7.49. The summed E-state index contributed by atoms with van der Waals surface area (Å²) in [6.07, 6.45) is 5.15. The molecule has 1 aliphatic rings. The number of carbonyl (C=O) groups excluding carboxylic acids is 1. The van der Waals surface area contributed by atoms with Gasteiger partial charge in [0, 0.05) is 29.6 Å². The van der Waals surface area contributed by atoms with Gasteiger partial charge in [-0.3, -0.25) is 10.1 Å². The lowest BCUT2D eigenvalue weighted by molar-refractivity contribution is -0.120. The maximum atomic E-state index is 12.5. The molecule has 3 rings (SSSR count).